The third-order valence-electron chi connectivity index (χ3n) is 9.29. The first kappa shape index (κ1) is 16.4. The van der Waals surface area contributed by atoms with Crippen molar-refractivity contribution in [2.24, 2.45) is 40.4 Å². The molecular formula is C21H36O2. The molecular weight excluding hydrogens is 284 g/mol. The monoisotopic (exact) mass is 320 g/mol. The van der Waals surface area contributed by atoms with E-state index in [0.29, 0.717) is 16.7 Å². The van der Waals surface area contributed by atoms with E-state index in [-0.39, 0.29) is 12.2 Å². The van der Waals surface area contributed by atoms with E-state index >= 15 is 0 Å². The van der Waals surface area contributed by atoms with Crippen LogP contribution in [0.25, 0.3) is 0 Å². The van der Waals surface area contributed by atoms with E-state index in [1.54, 1.807) is 0 Å². The predicted molar refractivity (Wildman–Crippen MR) is 92.9 cm³/mol. The van der Waals surface area contributed by atoms with Gasteiger partial charge < -0.3 is 10.2 Å². The Balaban J connectivity index is 1.60. The van der Waals surface area contributed by atoms with Crippen LogP contribution in [0.3, 0.4) is 0 Å². The van der Waals surface area contributed by atoms with E-state index < -0.39 is 0 Å². The third-order valence-corrected chi connectivity index (χ3v) is 9.29. The zero-order valence-electron chi connectivity index (χ0n) is 15.3. The lowest BCUT2D eigenvalue weighted by molar-refractivity contribution is -0.132. The molecule has 0 heterocycles. The Morgan fingerprint density at radius 3 is 2.30 bits per heavy atom. The average Bonchev–Trinajstić information content (AvgIpc) is 2.85. The first-order chi connectivity index (χ1) is 10.9. The minimum atomic E-state index is -0.140. The molecule has 2 heteroatoms. The van der Waals surface area contributed by atoms with Gasteiger partial charge in [-0.05, 0) is 105 Å². The number of rotatable bonds is 1. The van der Waals surface area contributed by atoms with Crippen LogP contribution in [0, 0.1) is 40.4 Å². The topological polar surface area (TPSA) is 40.5 Å². The standard InChI is InChI=1S/C21H36O2/c1-13(22)17-6-7-18-16-5-4-14-12-15(23)8-10-20(14,2)19(16)9-11-21(17,18)3/h13-19,22-23H,4-12H2,1-3H3/t13-,14+,15+,16+,17-,18+,19+,20+,21-/m1/s1. The van der Waals surface area contributed by atoms with Gasteiger partial charge in [-0.15, -0.1) is 0 Å². The highest BCUT2D eigenvalue weighted by Crippen LogP contribution is 2.67. The molecule has 132 valence electrons. The Hall–Kier alpha value is -0.0800. The second kappa shape index (κ2) is 5.46. The van der Waals surface area contributed by atoms with Gasteiger partial charge in [0, 0.05) is 0 Å². The smallest absolute Gasteiger partial charge is 0.0545 e. The highest BCUT2D eigenvalue weighted by atomic mass is 16.3. The van der Waals surface area contributed by atoms with Crippen molar-refractivity contribution in [1.29, 1.82) is 0 Å². The molecule has 0 aromatic heterocycles. The van der Waals surface area contributed by atoms with Gasteiger partial charge in [-0.25, -0.2) is 0 Å². The second-order valence-corrected chi connectivity index (χ2v) is 10.1. The normalized spacial score (nSPS) is 57.3. The lowest BCUT2D eigenvalue weighted by Gasteiger charge is -2.61. The van der Waals surface area contributed by atoms with Crippen LogP contribution in [0.5, 0.6) is 0 Å². The van der Waals surface area contributed by atoms with Crippen molar-refractivity contribution in [3.05, 3.63) is 0 Å². The van der Waals surface area contributed by atoms with Gasteiger partial charge in [-0.2, -0.15) is 0 Å². The fraction of sp³-hybridized carbons (Fsp3) is 1.00. The molecule has 0 aromatic carbocycles. The van der Waals surface area contributed by atoms with Gasteiger partial charge in [0.25, 0.3) is 0 Å². The number of aliphatic hydroxyl groups excluding tert-OH is 2. The number of hydrogen-bond donors (Lipinski definition) is 2. The summed E-state index contributed by atoms with van der Waals surface area (Å²) in [5.74, 6) is 3.87. The fourth-order valence-electron chi connectivity index (χ4n) is 8.07. The Kier molecular flexibility index (Phi) is 3.89. The molecule has 0 saturated heterocycles. The van der Waals surface area contributed by atoms with Gasteiger partial charge in [0.05, 0.1) is 12.2 Å². The van der Waals surface area contributed by atoms with Gasteiger partial charge in [0.15, 0.2) is 0 Å². The maximum Gasteiger partial charge on any atom is 0.0545 e. The summed E-state index contributed by atoms with van der Waals surface area (Å²) in [6.45, 7) is 7.08. The lowest BCUT2D eigenvalue weighted by Crippen LogP contribution is -2.54. The summed E-state index contributed by atoms with van der Waals surface area (Å²) < 4.78 is 0. The minimum absolute atomic E-state index is 0.0374. The Morgan fingerprint density at radius 1 is 0.870 bits per heavy atom. The van der Waals surface area contributed by atoms with Gasteiger partial charge in [-0.1, -0.05) is 13.8 Å². The molecule has 23 heavy (non-hydrogen) atoms. The van der Waals surface area contributed by atoms with E-state index in [9.17, 15) is 10.2 Å². The van der Waals surface area contributed by atoms with Gasteiger partial charge in [0.2, 0.25) is 0 Å². The lowest BCUT2D eigenvalue weighted by atomic mass is 9.44. The van der Waals surface area contributed by atoms with Gasteiger partial charge in [-0.3, -0.25) is 0 Å². The van der Waals surface area contributed by atoms with Crippen molar-refractivity contribution in [3.8, 4) is 0 Å². The zero-order chi connectivity index (χ0) is 16.4. The molecule has 2 N–H and O–H groups in total. The summed E-state index contributed by atoms with van der Waals surface area (Å²) in [5.41, 5.74) is 0.860. The Morgan fingerprint density at radius 2 is 1.57 bits per heavy atom. The van der Waals surface area contributed by atoms with Gasteiger partial charge in [0.1, 0.15) is 0 Å². The molecule has 0 radical (unpaired) electrons. The molecule has 4 saturated carbocycles. The van der Waals surface area contributed by atoms with Crippen LogP contribution in [0.4, 0.5) is 0 Å². The highest BCUT2D eigenvalue weighted by Gasteiger charge is 2.60. The quantitative estimate of drug-likeness (QED) is 0.752. The molecule has 9 atom stereocenters. The summed E-state index contributed by atoms with van der Waals surface area (Å²) in [4.78, 5) is 0. The Bertz CT molecular complexity index is 461. The summed E-state index contributed by atoms with van der Waals surface area (Å²) in [7, 11) is 0. The summed E-state index contributed by atoms with van der Waals surface area (Å²) in [6.07, 6.45) is 11.1. The molecule has 0 amide bonds. The van der Waals surface area contributed by atoms with Crippen molar-refractivity contribution in [3.63, 3.8) is 0 Å². The van der Waals surface area contributed by atoms with E-state index in [2.05, 4.69) is 13.8 Å². The molecule has 0 spiro atoms. The van der Waals surface area contributed by atoms with Gasteiger partial charge >= 0.3 is 0 Å². The van der Waals surface area contributed by atoms with Crippen LogP contribution in [0.15, 0.2) is 0 Å². The Labute approximate surface area is 142 Å². The van der Waals surface area contributed by atoms with E-state index in [1.165, 1.54) is 44.9 Å². The fourth-order valence-corrected chi connectivity index (χ4v) is 8.07. The SMILES string of the molecule is C[C@@H](O)[C@H]1CC[C@H]2[C@@H]3CC[C@H]4C[C@@H](O)CC[C@]4(C)[C@H]3CC[C@]12C. The van der Waals surface area contributed by atoms with E-state index in [1.807, 2.05) is 6.92 Å². The van der Waals surface area contributed by atoms with Crippen LogP contribution in [-0.4, -0.2) is 22.4 Å². The van der Waals surface area contributed by atoms with E-state index in [0.717, 1.165) is 36.5 Å². The summed E-state index contributed by atoms with van der Waals surface area (Å²) in [5, 5.41) is 20.4. The molecule has 0 unspecified atom stereocenters. The van der Waals surface area contributed by atoms with Crippen molar-refractivity contribution in [2.45, 2.75) is 90.8 Å². The zero-order valence-corrected chi connectivity index (χ0v) is 15.3. The minimum Gasteiger partial charge on any atom is -0.393 e. The molecule has 4 fully saturated rings. The molecule has 0 aromatic rings. The van der Waals surface area contributed by atoms with Crippen LogP contribution in [0.1, 0.15) is 78.6 Å². The molecule has 0 aliphatic heterocycles. The average molecular weight is 321 g/mol. The van der Waals surface area contributed by atoms with Crippen molar-refractivity contribution in [2.75, 3.05) is 0 Å². The maximum atomic E-state index is 10.3. The number of fused-ring (bicyclic) bond motifs is 5. The first-order valence-electron chi connectivity index (χ1n) is 10.2. The summed E-state index contributed by atoms with van der Waals surface area (Å²) >= 11 is 0. The van der Waals surface area contributed by atoms with Crippen LogP contribution >= 0.6 is 0 Å². The molecule has 4 aliphatic rings. The first-order valence-corrected chi connectivity index (χ1v) is 10.2. The molecule has 0 bridgehead atoms. The van der Waals surface area contributed by atoms with Crippen LogP contribution < -0.4 is 0 Å². The van der Waals surface area contributed by atoms with E-state index in [4.69, 9.17) is 0 Å². The molecule has 4 aliphatic carbocycles. The third kappa shape index (κ3) is 2.27. The second-order valence-electron chi connectivity index (χ2n) is 10.1. The largest absolute Gasteiger partial charge is 0.393 e. The highest BCUT2D eigenvalue weighted by molar-refractivity contribution is 5.09. The summed E-state index contributed by atoms with van der Waals surface area (Å²) in [6, 6.07) is 0. The van der Waals surface area contributed by atoms with Crippen LogP contribution in [-0.2, 0) is 0 Å². The number of hydrogen-bond acceptors (Lipinski definition) is 2. The number of aliphatic hydroxyl groups is 2. The van der Waals surface area contributed by atoms with Crippen molar-refractivity contribution in [1.82, 2.24) is 0 Å². The van der Waals surface area contributed by atoms with Crippen molar-refractivity contribution < 1.29 is 10.2 Å². The predicted octanol–water partition coefficient (Wildman–Crippen LogP) is 4.39. The molecule has 2 nitrogen and oxygen atoms in total. The van der Waals surface area contributed by atoms with Crippen LogP contribution in [0.2, 0.25) is 0 Å². The molecule has 4 rings (SSSR count). The maximum absolute atomic E-state index is 10.3. The van der Waals surface area contributed by atoms with Crippen molar-refractivity contribution >= 4 is 0 Å².